The van der Waals surface area contributed by atoms with E-state index >= 15 is 0 Å². The van der Waals surface area contributed by atoms with Crippen molar-refractivity contribution >= 4 is 0 Å². The predicted molar refractivity (Wildman–Crippen MR) is 59.6 cm³/mol. The van der Waals surface area contributed by atoms with Crippen LogP contribution in [0.2, 0.25) is 0 Å². The molecule has 6 heteroatoms. The highest BCUT2D eigenvalue weighted by molar-refractivity contribution is 4.90. The number of rotatable bonds is 4. The van der Waals surface area contributed by atoms with Crippen molar-refractivity contribution in [3.05, 3.63) is 12.2 Å². The first-order valence-corrected chi connectivity index (χ1v) is 5.62. The van der Waals surface area contributed by atoms with Crippen molar-refractivity contribution < 1.29 is 5.11 Å². The average molecular weight is 225 g/mol. The third kappa shape index (κ3) is 2.58. The fourth-order valence-electron chi connectivity index (χ4n) is 1.81. The first-order valence-electron chi connectivity index (χ1n) is 5.62. The number of nitrogens with zero attached hydrogens (tertiary/aromatic N) is 4. The predicted octanol–water partition coefficient (Wildman–Crippen LogP) is -0.806. The van der Waals surface area contributed by atoms with Crippen LogP contribution in [0.15, 0.2) is 6.33 Å². The largest absolute Gasteiger partial charge is 0.389 e. The molecule has 0 saturated heterocycles. The Morgan fingerprint density at radius 3 is 3.12 bits per heavy atom. The maximum absolute atomic E-state index is 9.82. The number of hydrogen-bond donors (Lipinski definition) is 2. The van der Waals surface area contributed by atoms with E-state index in [4.69, 9.17) is 5.73 Å². The molecule has 1 atom stereocenters. The Balaban J connectivity index is 1.86. The molecule has 0 aliphatic carbocycles. The van der Waals surface area contributed by atoms with Crippen LogP contribution in [-0.2, 0) is 13.1 Å². The van der Waals surface area contributed by atoms with Gasteiger partial charge < -0.3 is 15.4 Å². The van der Waals surface area contributed by atoms with E-state index in [1.165, 1.54) is 0 Å². The zero-order valence-electron chi connectivity index (χ0n) is 9.63. The summed E-state index contributed by atoms with van der Waals surface area (Å²) >= 11 is 0. The standard InChI is InChI=1S/C10H19N5O/c1-10(16,7-11)2-3-14-4-5-15-8-12-13-9(15)6-14/h8,16H,2-7,11H2,1H3. The van der Waals surface area contributed by atoms with E-state index in [9.17, 15) is 5.11 Å². The normalized spacial score (nSPS) is 20.4. The molecule has 90 valence electrons. The summed E-state index contributed by atoms with van der Waals surface area (Å²) in [6.07, 6.45) is 2.46. The van der Waals surface area contributed by atoms with Crippen molar-refractivity contribution in [3.63, 3.8) is 0 Å². The van der Waals surface area contributed by atoms with Gasteiger partial charge in [0.2, 0.25) is 0 Å². The van der Waals surface area contributed by atoms with Crippen LogP contribution in [0, 0.1) is 0 Å². The summed E-state index contributed by atoms with van der Waals surface area (Å²) in [6.45, 7) is 5.63. The Labute approximate surface area is 95.1 Å². The smallest absolute Gasteiger partial charge is 0.147 e. The van der Waals surface area contributed by atoms with Gasteiger partial charge in [0, 0.05) is 26.2 Å². The van der Waals surface area contributed by atoms with Gasteiger partial charge >= 0.3 is 0 Å². The topological polar surface area (TPSA) is 80.2 Å². The highest BCUT2D eigenvalue weighted by atomic mass is 16.3. The van der Waals surface area contributed by atoms with Crippen LogP contribution >= 0.6 is 0 Å². The zero-order chi connectivity index (χ0) is 11.6. The fraction of sp³-hybridized carbons (Fsp3) is 0.800. The van der Waals surface area contributed by atoms with Gasteiger partial charge in [-0.3, -0.25) is 4.90 Å². The van der Waals surface area contributed by atoms with Crippen LogP contribution in [0.1, 0.15) is 19.2 Å². The van der Waals surface area contributed by atoms with E-state index in [1.54, 1.807) is 13.3 Å². The van der Waals surface area contributed by atoms with Gasteiger partial charge in [0.1, 0.15) is 12.2 Å². The van der Waals surface area contributed by atoms with Gasteiger partial charge in [-0.25, -0.2) is 0 Å². The van der Waals surface area contributed by atoms with Gasteiger partial charge in [0.05, 0.1) is 12.1 Å². The minimum Gasteiger partial charge on any atom is -0.389 e. The molecule has 2 heterocycles. The molecule has 16 heavy (non-hydrogen) atoms. The van der Waals surface area contributed by atoms with Crippen LogP contribution in [0.25, 0.3) is 0 Å². The van der Waals surface area contributed by atoms with Gasteiger partial charge in [-0.1, -0.05) is 0 Å². The number of aromatic nitrogens is 3. The van der Waals surface area contributed by atoms with Crippen molar-refractivity contribution in [2.24, 2.45) is 5.73 Å². The molecule has 0 fully saturated rings. The summed E-state index contributed by atoms with van der Waals surface area (Å²) in [4.78, 5) is 2.27. The molecule has 1 aliphatic heterocycles. The van der Waals surface area contributed by atoms with Crippen molar-refractivity contribution in [1.82, 2.24) is 19.7 Å². The Kier molecular flexibility index (Phi) is 3.22. The van der Waals surface area contributed by atoms with Crippen molar-refractivity contribution in [2.45, 2.75) is 32.0 Å². The zero-order valence-corrected chi connectivity index (χ0v) is 9.63. The van der Waals surface area contributed by atoms with E-state index in [0.717, 1.165) is 32.0 Å². The molecule has 3 N–H and O–H groups in total. The molecule has 1 aromatic heterocycles. The molecule has 0 amide bonds. The lowest BCUT2D eigenvalue weighted by Crippen LogP contribution is -2.41. The van der Waals surface area contributed by atoms with Gasteiger partial charge in [-0.05, 0) is 13.3 Å². The maximum atomic E-state index is 9.82. The van der Waals surface area contributed by atoms with Crippen molar-refractivity contribution in [3.8, 4) is 0 Å². The second-order valence-electron chi connectivity index (χ2n) is 4.67. The molecule has 0 radical (unpaired) electrons. The van der Waals surface area contributed by atoms with E-state index < -0.39 is 5.60 Å². The molecule has 1 unspecified atom stereocenters. The summed E-state index contributed by atoms with van der Waals surface area (Å²) in [6, 6.07) is 0. The molecular formula is C10H19N5O. The van der Waals surface area contributed by atoms with E-state index in [2.05, 4.69) is 19.7 Å². The highest BCUT2D eigenvalue weighted by Gasteiger charge is 2.22. The molecule has 0 bridgehead atoms. The molecule has 1 aliphatic rings. The number of nitrogens with two attached hydrogens (primary N) is 1. The Morgan fingerprint density at radius 2 is 2.38 bits per heavy atom. The lowest BCUT2D eigenvalue weighted by Gasteiger charge is -2.30. The monoisotopic (exact) mass is 225 g/mol. The molecule has 0 spiro atoms. The summed E-state index contributed by atoms with van der Waals surface area (Å²) in [5, 5.41) is 17.8. The summed E-state index contributed by atoms with van der Waals surface area (Å²) in [5.74, 6) is 0.999. The van der Waals surface area contributed by atoms with Crippen LogP contribution in [0.3, 0.4) is 0 Å². The molecular weight excluding hydrogens is 206 g/mol. The van der Waals surface area contributed by atoms with E-state index in [0.29, 0.717) is 13.0 Å². The van der Waals surface area contributed by atoms with Crippen LogP contribution in [-0.4, -0.2) is 50.0 Å². The minimum atomic E-state index is -0.759. The summed E-state index contributed by atoms with van der Waals surface area (Å²) in [5.41, 5.74) is 4.73. The van der Waals surface area contributed by atoms with Crippen LogP contribution in [0.4, 0.5) is 0 Å². The summed E-state index contributed by atoms with van der Waals surface area (Å²) < 4.78 is 2.07. The second-order valence-corrected chi connectivity index (χ2v) is 4.67. The third-order valence-electron chi connectivity index (χ3n) is 3.12. The van der Waals surface area contributed by atoms with Gasteiger partial charge in [-0.15, -0.1) is 10.2 Å². The maximum Gasteiger partial charge on any atom is 0.147 e. The highest BCUT2D eigenvalue weighted by Crippen LogP contribution is 2.13. The Hall–Kier alpha value is -0.980. The SMILES string of the molecule is CC(O)(CN)CCN1CCn2cnnc2C1. The molecule has 2 rings (SSSR count). The van der Waals surface area contributed by atoms with E-state index in [-0.39, 0.29) is 0 Å². The first kappa shape index (κ1) is 11.5. The van der Waals surface area contributed by atoms with Gasteiger partial charge in [0.25, 0.3) is 0 Å². The molecule has 1 aromatic rings. The van der Waals surface area contributed by atoms with Gasteiger partial charge in [0.15, 0.2) is 0 Å². The Morgan fingerprint density at radius 1 is 1.56 bits per heavy atom. The average Bonchev–Trinajstić information content (AvgIpc) is 2.73. The second kappa shape index (κ2) is 4.48. The lowest BCUT2D eigenvalue weighted by molar-refractivity contribution is 0.0439. The minimum absolute atomic E-state index is 0.303. The Bertz CT molecular complexity index is 349. The summed E-state index contributed by atoms with van der Waals surface area (Å²) in [7, 11) is 0. The van der Waals surface area contributed by atoms with Crippen LogP contribution in [0.5, 0.6) is 0 Å². The quantitative estimate of drug-likeness (QED) is 0.701. The molecule has 6 nitrogen and oxygen atoms in total. The van der Waals surface area contributed by atoms with Crippen molar-refractivity contribution in [1.29, 1.82) is 0 Å². The molecule has 0 aromatic carbocycles. The van der Waals surface area contributed by atoms with Crippen molar-refractivity contribution in [2.75, 3.05) is 19.6 Å². The lowest BCUT2D eigenvalue weighted by atomic mass is 10.0. The third-order valence-corrected chi connectivity index (χ3v) is 3.12. The molecule has 0 saturated carbocycles. The van der Waals surface area contributed by atoms with Crippen LogP contribution < -0.4 is 5.73 Å². The number of aliphatic hydroxyl groups is 1. The number of fused-ring (bicyclic) bond motifs is 1. The first-order chi connectivity index (χ1) is 7.61. The fourth-order valence-corrected chi connectivity index (χ4v) is 1.81. The van der Waals surface area contributed by atoms with E-state index in [1.807, 2.05) is 0 Å². The number of hydrogen-bond acceptors (Lipinski definition) is 5. The van der Waals surface area contributed by atoms with Gasteiger partial charge in [-0.2, -0.15) is 0 Å².